The quantitative estimate of drug-likeness (QED) is 0.483. The van der Waals surface area contributed by atoms with Gasteiger partial charge in [-0.2, -0.15) is 0 Å². The second-order valence-corrected chi connectivity index (χ2v) is 7.14. The van der Waals surface area contributed by atoms with Gasteiger partial charge in [-0.25, -0.2) is 16.8 Å². The summed E-state index contributed by atoms with van der Waals surface area (Å²) in [6.45, 7) is 3.18. The third-order valence-corrected chi connectivity index (χ3v) is 4.72. The molecule has 2 rings (SSSR count). The molecular formula is C14H16O6S2Sn. The van der Waals surface area contributed by atoms with E-state index >= 15 is 0 Å². The number of hydrogen-bond acceptors (Lipinski definition) is 6. The van der Waals surface area contributed by atoms with Crippen LogP contribution in [0.15, 0.2) is 58.3 Å². The van der Waals surface area contributed by atoms with Crippen molar-refractivity contribution in [3.63, 3.8) is 0 Å². The van der Waals surface area contributed by atoms with Gasteiger partial charge in [-0.15, -0.1) is 0 Å². The van der Waals surface area contributed by atoms with Crippen molar-refractivity contribution in [3.8, 4) is 0 Å². The molecule has 0 bridgehead atoms. The molecule has 0 N–H and O–H groups in total. The van der Waals surface area contributed by atoms with Crippen molar-refractivity contribution < 1.29 is 25.9 Å². The van der Waals surface area contributed by atoms with Crippen molar-refractivity contribution in [2.24, 2.45) is 0 Å². The van der Waals surface area contributed by atoms with E-state index in [0.717, 1.165) is 0 Å². The van der Waals surface area contributed by atoms with Crippen LogP contribution in [0.5, 0.6) is 0 Å². The van der Waals surface area contributed by atoms with Crippen molar-refractivity contribution >= 4 is 44.1 Å². The van der Waals surface area contributed by atoms with Crippen molar-refractivity contribution in [1.29, 1.82) is 0 Å². The molecule has 0 unspecified atom stereocenters. The fourth-order valence-electron chi connectivity index (χ4n) is 1.67. The normalized spacial score (nSPS) is 11.0. The van der Waals surface area contributed by atoms with Crippen LogP contribution in [0.3, 0.4) is 0 Å². The summed E-state index contributed by atoms with van der Waals surface area (Å²) in [5.74, 6) is 0. The average molecular weight is 463 g/mol. The predicted molar refractivity (Wildman–Crippen MR) is 86.8 cm³/mol. The molecule has 0 fully saturated rings. The molecule has 0 aliphatic heterocycles. The summed E-state index contributed by atoms with van der Waals surface area (Å²) < 4.78 is 63.0. The molecule has 9 heteroatoms. The van der Waals surface area contributed by atoms with Gasteiger partial charge in [-0.05, 0) is 37.1 Å². The number of benzene rings is 2. The van der Waals surface area contributed by atoms with E-state index in [1.54, 1.807) is 38.1 Å². The third-order valence-electron chi connectivity index (χ3n) is 2.73. The molecule has 0 radical (unpaired) electrons. The van der Waals surface area contributed by atoms with Gasteiger partial charge < -0.3 is 9.11 Å². The summed E-state index contributed by atoms with van der Waals surface area (Å²) in [5.41, 5.74) is 0.977. The summed E-state index contributed by atoms with van der Waals surface area (Å²) in [6.07, 6.45) is 0. The fraction of sp³-hybridized carbons (Fsp3) is 0.143. The molecule has 0 aliphatic carbocycles. The van der Waals surface area contributed by atoms with E-state index in [4.69, 9.17) is 0 Å². The van der Waals surface area contributed by atoms with Gasteiger partial charge in [-0.1, -0.05) is 36.4 Å². The zero-order valence-electron chi connectivity index (χ0n) is 12.6. The summed E-state index contributed by atoms with van der Waals surface area (Å²) >= 11 is 0. The Morgan fingerprint density at radius 2 is 0.913 bits per heavy atom. The van der Waals surface area contributed by atoms with Crippen LogP contribution in [-0.2, 0) is 20.2 Å². The Hall–Kier alpha value is -0.941. The predicted octanol–water partition coefficient (Wildman–Crippen LogP) is 0.882. The first-order valence-corrected chi connectivity index (χ1v) is 8.88. The molecule has 0 spiro atoms. The van der Waals surface area contributed by atoms with Gasteiger partial charge in [-0.3, -0.25) is 0 Å². The SMILES string of the molecule is Cc1ccccc1S(=O)(=O)[O-].Cc1ccccc1S(=O)(=O)[O-].[SnH2+2]. The Balaban J connectivity index is 0.000000403. The van der Waals surface area contributed by atoms with Crippen LogP contribution in [0.1, 0.15) is 11.1 Å². The molecule has 0 saturated carbocycles. The van der Waals surface area contributed by atoms with E-state index in [9.17, 15) is 25.9 Å². The molecule has 2 aromatic carbocycles. The minimum atomic E-state index is -4.28. The fourth-order valence-corrected chi connectivity index (χ4v) is 3.09. The summed E-state index contributed by atoms with van der Waals surface area (Å²) in [7, 11) is -8.57. The van der Waals surface area contributed by atoms with Crippen LogP contribution in [0.2, 0.25) is 0 Å². The molecule has 0 aromatic heterocycles. The zero-order chi connectivity index (χ0) is 17.0. The van der Waals surface area contributed by atoms with Gasteiger partial charge >= 0.3 is 23.9 Å². The molecule has 2 aromatic rings. The number of aryl methyl sites for hydroxylation is 2. The Morgan fingerprint density at radius 3 is 1.09 bits per heavy atom. The maximum absolute atomic E-state index is 10.5. The van der Waals surface area contributed by atoms with E-state index in [0.29, 0.717) is 11.1 Å². The molecule has 124 valence electrons. The monoisotopic (exact) mass is 464 g/mol. The summed E-state index contributed by atoms with van der Waals surface area (Å²) in [5, 5.41) is 0. The first-order valence-electron chi connectivity index (χ1n) is 6.06. The second-order valence-electron chi connectivity index (χ2n) is 4.44. The maximum atomic E-state index is 10.5. The van der Waals surface area contributed by atoms with Crippen LogP contribution in [-0.4, -0.2) is 49.8 Å². The minimum absolute atomic E-state index is 0. The Labute approximate surface area is 153 Å². The van der Waals surface area contributed by atoms with E-state index in [2.05, 4.69) is 0 Å². The Kier molecular flexibility index (Phi) is 8.42. The second kappa shape index (κ2) is 8.78. The molecule has 0 amide bonds. The molecule has 23 heavy (non-hydrogen) atoms. The van der Waals surface area contributed by atoms with Crippen LogP contribution in [0.4, 0.5) is 0 Å². The van der Waals surface area contributed by atoms with E-state index in [1.807, 2.05) is 0 Å². The van der Waals surface area contributed by atoms with Gasteiger partial charge in [0, 0.05) is 0 Å². The molecule has 0 heterocycles. The van der Waals surface area contributed by atoms with Crippen molar-refractivity contribution in [2.45, 2.75) is 23.6 Å². The van der Waals surface area contributed by atoms with Crippen LogP contribution < -0.4 is 0 Å². The van der Waals surface area contributed by atoms with E-state index in [1.165, 1.54) is 24.3 Å². The molecule has 0 atom stereocenters. The molecule has 6 nitrogen and oxygen atoms in total. The topological polar surface area (TPSA) is 114 Å². The standard InChI is InChI=1S/2C7H8O3S.Sn.2H/c2*1-6-4-2-3-5-7(6)11(8,9)10;;;/h2*2-5H,1H3,(H,8,9,10);;;/q;;+2;;/p-2. The number of rotatable bonds is 2. The summed E-state index contributed by atoms with van der Waals surface area (Å²) in [4.78, 5) is -0.278. The molecular weight excluding hydrogens is 447 g/mol. The van der Waals surface area contributed by atoms with Crippen LogP contribution in [0, 0.1) is 13.8 Å². The van der Waals surface area contributed by atoms with Gasteiger partial charge in [0.2, 0.25) is 0 Å². The Bertz CT molecular complexity index is 787. The first-order chi connectivity index (χ1) is 10.0. The zero-order valence-corrected chi connectivity index (χ0v) is 18.3. The van der Waals surface area contributed by atoms with E-state index in [-0.39, 0.29) is 33.7 Å². The van der Waals surface area contributed by atoms with Gasteiger partial charge in [0.1, 0.15) is 20.2 Å². The van der Waals surface area contributed by atoms with Gasteiger partial charge in [0.25, 0.3) is 0 Å². The number of hydrogen-bond donors (Lipinski definition) is 0. The average Bonchev–Trinajstić information content (AvgIpc) is 2.37. The van der Waals surface area contributed by atoms with Crippen molar-refractivity contribution in [2.75, 3.05) is 0 Å². The molecule has 0 saturated heterocycles. The van der Waals surface area contributed by atoms with Crippen molar-refractivity contribution in [1.82, 2.24) is 0 Å². The van der Waals surface area contributed by atoms with E-state index < -0.39 is 20.2 Å². The van der Waals surface area contributed by atoms with Crippen LogP contribution >= 0.6 is 0 Å². The van der Waals surface area contributed by atoms with Crippen molar-refractivity contribution in [3.05, 3.63) is 59.7 Å². The van der Waals surface area contributed by atoms with Crippen LogP contribution in [0.25, 0.3) is 0 Å². The Morgan fingerprint density at radius 1 is 0.652 bits per heavy atom. The molecule has 0 aliphatic rings. The third kappa shape index (κ3) is 7.00. The summed E-state index contributed by atoms with van der Waals surface area (Å²) in [6, 6.07) is 12.2. The van der Waals surface area contributed by atoms with Gasteiger partial charge in [0.05, 0.1) is 9.79 Å². The first kappa shape index (κ1) is 22.1. The van der Waals surface area contributed by atoms with Gasteiger partial charge in [0.15, 0.2) is 0 Å².